The first-order valence-corrected chi connectivity index (χ1v) is 8.75. The average molecular weight is 354 g/mol. The summed E-state index contributed by atoms with van der Waals surface area (Å²) in [5.74, 6) is -0.503. The molecule has 0 spiro atoms. The first-order valence-electron chi connectivity index (χ1n) is 8.75. The summed E-state index contributed by atoms with van der Waals surface area (Å²) >= 11 is 0. The molecule has 2 aliphatic rings. The Morgan fingerprint density at radius 1 is 1.31 bits per heavy atom. The molecule has 7 heteroatoms. The van der Waals surface area contributed by atoms with Crippen molar-refractivity contribution in [1.82, 2.24) is 19.4 Å². The van der Waals surface area contributed by atoms with Crippen LogP contribution >= 0.6 is 0 Å². The minimum absolute atomic E-state index is 0.0229. The molecular weight excluding hydrogens is 332 g/mol. The first-order chi connectivity index (χ1) is 12.4. The SMILES string of the molecule is Cn1cnc2c1CCN(C(=O)C(C)(O)CN1Cc3ccccc3C1=O)C2. The molecular formula is C19H22N4O3. The van der Waals surface area contributed by atoms with Gasteiger partial charge in [0.2, 0.25) is 0 Å². The normalized spacial score (nSPS) is 18.5. The molecule has 2 aliphatic heterocycles. The van der Waals surface area contributed by atoms with Crippen molar-refractivity contribution < 1.29 is 14.7 Å². The van der Waals surface area contributed by atoms with E-state index in [-0.39, 0.29) is 18.4 Å². The zero-order valence-electron chi connectivity index (χ0n) is 15.0. The molecule has 26 heavy (non-hydrogen) atoms. The molecule has 0 radical (unpaired) electrons. The standard InChI is InChI=1S/C19H22N4O3/c1-19(26,11-23-9-13-5-3-4-6-14(13)17(23)24)18(25)22-8-7-16-15(10-22)20-12-21(16)2/h3-6,12,26H,7-11H2,1-2H3. The summed E-state index contributed by atoms with van der Waals surface area (Å²) in [6.45, 7) is 2.81. The summed E-state index contributed by atoms with van der Waals surface area (Å²) in [5, 5.41) is 10.8. The molecule has 1 aromatic heterocycles. The van der Waals surface area contributed by atoms with E-state index in [1.807, 2.05) is 29.8 Å². The third-order valence-corrected chi connectivity index (χ3v) is 5.25. The number of rotatable bonds is 3. The Kier molecular flexibility index (Phi) is 3.84. The Morgan fingerprint density at radius 2 is 2.08 bits per heavy atom. The zero-order valence-corrected chi connectivity index (χ0v) is 15.0. The van der Waals surface area contributed by atoms with Crippen molar-refractivity contribution in [3.05, 3.63) is 53.1 Å². The van der Waals surface area contributed by atoms with Gasteiger partial charge < -0.3 is 19.5 Å². The smallest absolute Gasteiger partial charge is 0.256 e. The van der Waals surface area contributed by atoms with Crippen LogP contribution in [0.15, 0.2) is 30.6 Å². The van der Waals surface area contributed by atoms with Gasteiger partial charge in [-0.1, -0.05) is 18.2 Å². The van der Waals surface area contributed by atoms with Gasteiger partial charge in [0.05, 0.1) is 25.1 Å². The van der Waals surface area contributed by atoms with Crippen molar-refractivity contribution in [2.75, 3.05) is 13.1 Å². The first kappa shape index (κ1) is 16.8. The second-order valence-corrected chi connectivity index (χ2v) is 7.32. The molecule has 0 saturated heterocycles. The summed E-state index contributed by atoms with van der Waals surface area (Å²) < 4.78 is 1.97. The highest BCUT2D eigenvalue weighted by Crippen LogP contribution is 2.26. The van der Waals surface area contributed by atoms with E-state index in [1.165, 1.54) is 6.92 Å². The average Bonchev–Trinajstić information content (AvgIpc) is 3.14. The minimum Gasteiger partial charge on any atom is -0.378 e. The van der Waals surface area contributed by atoms with E-state index < -0.39 is 5.60 Å². The third kappa shape index (κ3) is 2.68. The quantitative estimate of drug-likeness (QED) is 0.881. The van der Waals surface area contributed by atoms with E-state index in [4.69, 9.17) is 0 Å². The number of nitrogens with zero attached hydrogens (tertiary/aromatic N) is 4. The van der Waals surface area contributed by atoms with Gasteiger partial charge in [0.1, 0.15) is 0 Å². The highest BCUT2D eigenvalue weighted by Gasteiger charge is 2.40. The predicted octanol–water partition coefficient (Wildman–Crippen LogP) is 0.712. The number of hydrogen-bond donors (Lipinski definition) is 1. The number of imidazole rings is 1. The number of β-amino-alcohol motifs (C(OH)–C–C–N with tert-alkyl or cyclic N) is 1. The maximum Gasteiger partial charge on any atom is 0.256 e. The molecule has 1 unspecified atom stereocenters. The molecule has 1 aromatic carbocycles. The van der Waals surface area contributed by atoms with Crippen LogP contribution in [0.3, 0.4) is 0 Å². The molecule has 0 saturated carbocycles. The largest absolute Gasteiger partial charge is 0.378 e. The van der Waals surface area contributed by atoms with Crippen LogP contribution in [0.5, 0.6) is 0 Å². The number of aryl methyl sites for hydroxylation is 1. The third-order valence-electron chi connectivity index (χ3n) is 5.25. The van der Waals surface area contributed by atoms with Gasteiger partial charge in [-0.2, -0.15) is 0 Å². The van der Waals surface area contributed by atoms with Crippen LogP contribution in [0.1, 0.15) is 34.2 Å². The van der Waals surface area contributed by atoms with Gasteiger partial charge in [-0.25, -0.2) is 4.98 Å². The van der Waals surface area contributed by atoms with Crippen molar-refractivity contribution >= 4 is 11.8 Å². The van der Waals surface area contributed by atoms with E-state index in [2.05, 4.69) is 4.98 Å². The van der Waals surface area contributed by atoms with Crippen LogP contribution in [0, 0.1) is 0 Å². The molecule has 1 atom stereocenters. The summed E-state index contributed by atoms with van der Waals surface area (Å²) in [5.41, 5.74) is 1.93. The monoisotopic (exact) mass is 354 g/mol. The number of carbonyl (C=O) groups excluding carboxylic acids is 2. The molecule has 3 heterocycles. The maximum atomic E-state index is 12.9. The Morgan fingerprint density at radius 3 is 2.85 bits per heavy atom. The fourth-order valence-corrected chi connectivity index (χ4v) is 3.85. The van der Waals surface area contributed by atoms with Crippen molar-refractivity contribution in [2.24, 2.45) is 7.05 Å². The number of amides is 2. The van der Waals surface area contributed by atoms with Crippen LogP contribution < -0.4 is 0 Å². The Labute approximate surface area is 151 Å². The van der Waals surface area contributed by atoms with E-state index in [1.54, 1.807) is 22.2 Å². The second-order valence-electron chi connectivity index (χ2n) is 7.32. The molecule has 2 amide bonds. The van der Waals surface area contributed by atoms with Crippen LogP contribution in [-0.4, -0.2) is 55.0 Å². The molecule has 7 nitrogen and oxygen atoms in total. The number of aliphatic hydroxyl groups is 1. The lowest BCUT2D eigenvalue weighted by atomic mass is 10.0. The van der Waals surface area contributed by atoms with Crippen molar-refractivity contribution in [3.8, 4) is 0 Å². The summed E-state index contributed by atoms with van der Waals surface area (Å²) in [6, 6.07) is 7.39. The molecule has 2 aromatic rings. The van der Waals surface area contributed by atoms with Gasteiger partial charge in [-0.3, -0.25) is 9.59 Å². The van der Waals surface area contributed by atoms with Crippen molar-refractivity contribution in [1.29, 1.82) is 0 Å². The van der Waals surface area contributed by atoms with Crippen molar-refractivity contribution in [2.45, 2.75) is 32.0 Å². The van der Waals surface area contributed by atoms with Gasteiger partial charge >= 0.3 is 0 Å². The van der Waals surface area contributed by atoms with Gasteiger partial charge in [0, 0.05) is 37.8 Å². The highest BCUT2D eigenvalue weighted by atomic mass is 16.3. The summed E-state index contributed by atoms with van der Waals surface area (Å²) in [4.78, 5) is 32.9. The highest BCUT2D eigenvalue weighted by molar-refractivity contribution is 5.98. The Bertz CT molecular complexity index is 887. The summed E-state index contributed by atoms with van der Waals surface area (Å²) in [6.07, 6.45) is 2.46. The van der Waals surface area contributed by atoms with Crippen LogP contribution in [0.4, 0.5) is 0 Å². The van der Waals surface area contributed by atoms with Gasteiger partial charge in [0.25, 0.3) is 11.8 Å². The molecule has 0 fully saturated rings. The second kappa shape index (κ2) is 5.95. The topological polar surface area (TPSA) is 78.7 Å². The Balaban J connectivity index is 1.47. The number of benzene rings is 1. The minimum atomic E-state index is -1.63. The summed E-state index contributed by atoms with van der Waals surface area (Å²) in [7, 11) is 1.94. The fourth-order valence-electron chi connectivity index (χ4n) is 3.85. The van der Waals surface area contributed by atoms with E-state index >= 15 is 0 Å². The van der Waals surface area contributed by atoms with Crippen LogP contribution in [-0.2, 0) is 31.4 Å². The van der Waals surface area contributed by atoms with E-state index in [9.17, 15) is 14.7 Å². The lowest BCUT2D eigenvalue weighted by Crippen LogP contribution is -2.54. The Hall–Kier alpha value is -2.67. The van der Waals surface area contributed by atoms with E-state index in [0.717, 1.165) is 17.0 Å². The number of hydrogen-bond acceptors (Lipinski definition) is 4. The predicted molar refractivity (Wildman–Crippen MR) is 94.1 cm³/mol. The van der Waals surface area contributed by atoms with Crippen LogP contribution in [0.25, 0.3) is 0 Å². The number of fused-ring (bicyclic) bond motifs is 2. The fraction of sp³-hybridized carbons (Fsp3) is 0.421. The van der Waals surface area contributed by atoms with Gasteiger partial charge in [-0.05, 0) is 18.6 Å². The number of carbonyl (C=O) groups is 2. The van der Waals surface area contributed by atoms with E-state index in [0.29, 0.717) is 31.6 Å². The van der Waals surface area contributed by atoms with Crippen LogP contribution in [0.2, 0.25) is 0 Å². The molecule has 136 valence electrons. The van der Waals surface area contributed by atoms with Crippen molar-refractivity contribution in [3.63, 3.8) is 0 Å². The molecule has 1 N–H and O–H groups in total. The van der Waals surface area contributed by atoms with Gasteiger partial charge in [-0.15, -0.1) is 0 Å². The molecule has 4 rings (SSSR count). The zero-order chi connectivity index (χ0) is 18.5. The van der Waals surface area contributed by atoms with Gasteiger partial charge in [0.15, 0.2) is 5.60 Å². The molecule has 0 aliphatic carbocycles. The number of aromatic nitrogens is 2. The maximum absolute atomic E-state index is 12.9. The lowest BCUT2D eigenvalue weighted by molar-refractivity contribution is -0.152. The lowest BCUT2D eigenvalue weighted by Gasteiger charge is -2.35. The molecule has 0 bridgehead atoms.